The van der Waals surface area contributed by atoms with E-state index in [9.17, 15) is 5.11 Å². The van der Waals surface area contributed by atoms with Crippen molar-refractivity contribution in [3.8, 4) is 5.75 Å². The summed E-state index contributed by atoms with van der Waals surface area (Å²) >= 11 is 0. The van der Waals surface area contributed by atoms with Gasteiger partial charge in [0.1, 0.15) is 5.75 Å². The van der Waals surface area contributed by atoms with Crippen LogP contribution in [0.2, 0.25) is 0 Å². The average molecular weight is 202 g/mol. The molecule has 1 saturated carbocycles. The van der Waals surface area contributed by atoms with Gasteiger partial charge in [-0.15, -0.1) is 0 Å². The van der Waals surface area contributed by atoms with E-state index in [0.29, 0.717) is 5.75 Å². The molecule has 0 radical (unpaired) electrons. The van der Waals surface area contributed by atoms with E-state index in [4.69, 9.17) is 0 Å². The maximum absolute atomic E-state index is 9.58. The Morgan fingerprint density at radius 1 is 1.07 bits per heavy atom. The molecule has 0 aliphatic heterocycles. The first-order valence-corrected chi connectivity index (χ1v) is 6.16. The van der Waals surface area contributed by atoms with Crippen LogP contribution < -0.4 is 0 Å². The lowest BCUT2D eigenvalue weighted by Crippen LogP contribution is -2.23. The van der Waals surface area contributed by atoms with E-state index in [1.54, 1.807) is 0 Å². The molecule has 1 aromatic carbocycles. The largest absolute Gasteiger partial charge is 0.508 e. The van der Waals surface area contributed by atoms with Crippen molar-refractivity contribution in [2.75, 3.05) is 0 Å². The van der Waals surface area contributed by atoms with Crippen LogP contribution in [0.3, 0.4) is 0 Å². The summed E-state index contributed by atoms with van der Waals surface area (Å²) in [6.07, 6.45) is 8.10. The maximum Gasteiger partial charge on any atom is 0.115 e. The van der Waals surface area contributed by atoms with Gasteiger partial charge in [-0.05, 0) is 60.8 Å². The van der Waals surface area contributed by atoms with Gasteiger partial charge in [0.05, 0.1) is 0 Å². The predicted molar refractivity (Wildman–Crippen MR) is 61.1 cm³/mol. The van der Waals surface area contributed by atoms with Crippen molar-refractivity contribution in [1.29, 1.82) is 0 Å². The van der Waals surface area contributed by atoms with Crippen LogP contribution in [0.15, 0.2) is 18.2 Å². The highest BCUT2D eigenvalue weighted by Crippen LogP contribution is 2.45. The molecular formula is C14H18O. The topological polar surface area (TPSA) is 20.2 Å². The van der Waals surface area contributed by atoms with Gasteiger partial charge in [-0.3, -0.25) is 0 Å². The molecule has 0 aromatic heterocycles. The minimum atomic E-state index is 0.444. The van der Waals surface area contributed by atoms with Gasteiger partial charge in [0.2, 0.25) is 0 Å². The van der Waals surface area contributed by atoms with E-state index >= 15 is 0 Å². The fourth-order valence-electron chi connectivity index (χ4n) is 3.46. The molecule has 0 bridgehead atoms. The van der Waals surface area contributed by atoms with Crippen molar-refractivity contribution < 1.29 is 5.11 Å². The fourth-order valence-corrected chi connectivity index (χ4v) is 3.46. The number of hydrogen-bond donors (Lipinski definition) is 1. The molecule has 0 amide bonds. The Bertz CT molecular complexity index is 370. The zero-order valence-electron chi connectivity index (χ0n) is 9.08. The fraction of sp³-hybridized carbons (Fsp3) is 0.571. The monoisotopic (exact) mass is 202 g/mol. The lowest BCUT2D eigenvalue weighted by Gasteiger charge is -2.37. The van der Waals surface area contributed by atoms with Gasteiger partial charge in [0.25, 0.3) is 0 Å². The van der Waals surface area contributed by atoms with E-state index in [1.165, 1.54) is 49.7 Å². The van der Waals surface area contributed by atoms with Crippen LogP contribution in [-0.2, 0) is 6.42 Å². The third-order valence-electron chi connectivity index (χ3n) is 4.22. The van der Waals surface area contributed by atoms with Crippen molar-refractivity contribution >= 4 is 0 Å². The molecule has 2 aliphatic rings. The quantitative estimate of drug-likeness (QED) is 0.681. The Labute approximate surface area is 91.1 Å². The van der Waals surface area contributed by atoms with Crippen LogP contribution in [0.1, 0.15) is 49.1 Å². The summed E-state index contributed by atoms with van der Waals surface area (Å²) in [6, 6.07) is 5.97. The zero-order valence-corrected chi connectivity index (χ0v) is 9.08. The Hall–Kier alpha value is -0.980. The second-order valence-electron chi connectivity index (χ2n) is 5.07. The molecule has 2 aliphatic carbocycles. The summed E-state index contributed by atoms with van der Waals surface area (Å²) in [4.78, 5) is 0. The molecule has 80 valence electrons. The Balaban J connectivity index is 2.01. The number of aromatic hydroxyl groups is 1. The zero-order chi connectivity index (χ0) is 10.3. The first-order valence-electron chi connectivity index (χ1n) is 6.16. The van der Waals surface area contributed by atoms with E-state index in [2.05, 4.69) is 6.07 Å². The molecule has 1 heteroatoms. The Morgan fingerprint density at radius 3 is 2.87 bits per heavy atom. The van der Waals surface area contributed by atoms with Crippen LogP contribution in [-0.4, -0.2) is 5.11 Å². The van der Waals surface area contributed by atoms with Crippen molar-refractivity contribution in [3.63, 3.8) is 0 Å². The molecule has 1 aromatic rings. The van der Waals surface area contributed by atoms with Crippen molar-refractivity contribution in [1.82, 2.24) is 0 Å². The van der Waals surface area contributed by atoms with Gasteiger partial charge >= 0.3 is 0 Å². The number of benzene rings is 1. The van der Waals surface area contributed by atoms with Crippen LogP contribution in [0, 0.1) is 5.92 Å². The molecule has 15 heavy (non-hydrogen) atoms. The van der Waals surface area contributed by atoms with Gasteiger partial charge < -0.3 is 5.11 Å². The van der Waals surface area contributed by atoms with Gasteiger partial charge in [-0.25, -0.2) is 0 Å². The van der Waals surface area contributed by atoms with Gasteiger partial charge in [-0.1, -0.05) is 18.9 Å². The molecular weight excluding hydrogens is 184 g/mol. The first kappa shape index (κ1) is 9.26. The molecule has 2 atom stereocenters. The standard InChI is InChI=1S/C14H18O/c15-12-8-7-11-6-5-10-3-1-2-4-13(10)14(11)9-12/h7-10,13,15H,1-6H2/t10-,13?/m1/s1. The third kappa shape index (κ3) is 1.54. The second-order valence-corrected chi connectivity index (χ2v) is 5.07. The van der Waals surface area contributed by atoms with E-state index in [1.807, 2.05) is 12.1 Å². The summed E-state index contributed by atoms with van der Waals surface area (Å²) in [5, 5.41) is 9.58. The molecule has 1 fully saturated rings. The summed E-state index contributed by atoms with van der Waals surface area (Å²) in [6.45, 7) is 0. The summed E-state index contributed by atoms with van der Waals surface area (Å²) in [5.74, 6) is 2.09. The number of hydrogen-bond acceptors (Lipinski definition) is 1. The molecule has 1 unspecified atom stereocenters. The van der Waals surface area contributed by atoms with Gasteiger partial charge in [0.15, 0.2) is 0 Å². The van der Waals surface area contributed by atoms with Crippen LogP contribution >= 0.6 is 0 Å². The molecule has 0 heterocycles. The average Bonchev–Trinajstić information content (AvgIpc) is 2.29. The summed E-state index contributed by atoms with van der Waals surface area (Å²) < 4.78 is 0. The van der Waals surface area contributed by atoms with Crippen LogP contribution in [0.5, 0.6) is 5.75 Å². The maximum atomic E-state index is 9.58. The van der Waals surface area contributed by atoms with Crippen molar-refractivity contribution in [2.45, 2.75) is 44.4 Å². The minimum absolute atomic E-state index is 0.444. The van der Waals surface area contributed by atoms with Crippen LogP contribution in [0.25, 0.3) is 0 Å². The molecule has 1 nitrogen and oxygen atoms in total. The lowest BCUT2D eigenvalue weighted by molar-refractivity contribution is 0.275. The number of rotatable bonds is 0. The highest BCUT2D eigenvalue weighted by Gasteiger charge is 2.31. The number of aryl methyl sites for hydroxylation is 1. The van der Waals surface area contributed by atoms with E-state index in [-0.39, 0.29) is 0 Å². The predicted octanol–water partition coefficient (Wildman–Crippen LogP) is 3.61. The van der Waals surface area contributed by atoms with Crippen LogP contribution in [0.4, 0.5) is 0 Å². The van der Waals surface area contributed by atoms with Crippen molar-refractivity contribution in [2.24, 2.45) is 5.92 Å². The lowest BCUT2D eigenvalue weighted by atomic mass is 9.68. The number of fused-ring (bicyclic) bond motifs is 3. The normalized spacial score (nSPS) is 29.3. The van der Waals surface area contributed by atoms with E-state index < -0.39 is 0 Å². The summed E-state index contributed by atoms with van der Waals surface area (Å²) in [7, 11) is 0. The second kappa shape index (κ2) is 3.55. The smallest absolute Gasteiger partial charge is 0.115 e. The highest BCUT2D eigenvalue weighted by molar-refractivity contribution is 5.39. The summed E-state index contributed by atoms with van der Waals surface area (Å²) in [5.41, 5.74) is 2.93. The minimum Gasteiger partial charge on any atom is -0.508 e. The van der Waals surface area contributed by atoms with Gasteiger partial charge in [-0.2, -0.15) is 0 Å². The Morgan fingerprint density at radius 2 is 1.93 bits per heavy atom. The number of phenolic OH excluding ortho intramolecular Hbond substituents is 1. The molecule has 1 N–H and O–H groups in total. The molecule has 0 spiro atoms. The number of phenols is 1. The van der Waals surface area contributed by atoms with Crippen molar-refractivity contribution in [3.05, 3.63) is 29.3 Å². The highest BCUT2D eigenvalue weighted by atomic mass is 16.3. The third-order valence-corrected chi connectivity index (χ3v) is 4.22. The molecule has 0 saturated heterocycles. The van der Waals surface area contributed by atoms with Gasteiger partial charge in [0, 0.05) is 0 Å². The SMILES string of the molecule is Oc1ccc2c(c1)C1CCCC[C@@H]1CC2. The molecule has 3 rings (SSSR count). The Kier molecular flexibility index (Phi) is 2.19. The van der Waals surface area contributed by atoms with E-state index in [0.717, 1.165) is 11.8 Å². The first-order chi connectivity index (χ1) is 7.34.